The molecule has 0 N–H and O–H groups in total. The molecular weight excluding hydrogens is 172 g/mol. The molecule has 0 rings (SSSR count). The van der Waals surface area contributed by atoms with Crippen molar-refractivity contribution < 1.29 is 9.53 Å². The van der Waals surface area contributed by atoms with Crippen LogP contribution in [0.1, 0.15) is 0 Å². The van der Waals surface area contributed by atoms with Crippen molar-refractivity contribution in [3.8, 4) is 0 Å². The van der Waals surface area contributed by atoms with Crippen molar-refractivity contribution in [2.45, 2.75) is 0 Å². The highest BCUT2D eigenvalue weighted by Crippen LogP contribution is 1.79. The van der Waals surface area contributed by atoms with Gasteiger partial charge in [-0.2, -0.15) is 0 Å². The maximum atomic E-state index is 10.2. The zero-order valence-electron chi connectivity index (χ0n) is 4.35. The van der Waals surface area contributed by atoms with Gasteiger partial charge in [-0.05, 0) is 0 Å². The summed E-state index contributed by atoms with van der Waals surface area (Å²) in [5.74, 6) is -0.402. The van der Waals surface area contributed by atoms with Crippen molar-refractivity contribution in [1.29, 1.82) is 0 Å². The number of rotatable bonds is 1. The van der Waals surface area contributed by atoms with Gasteiger partial charge in [0.05, 0.1) is 13.2 Å². The van der Waals surface area contributed by atoms with E-state index in [1.807, 2.05) is 0 Å². The number of carbonyl (C=O) groups is 1. The highest BCUT2D eigenvalue weighted by Gasteiger charge is 1.84. The second kappa shape index (κ2) is 4.62. The molecule has 2 nitrogen and oxygen atoms in total. The van der Waals surface area contributed by atoms with E-state index in [0.29, 0.717) is 0 Å². The van der Waals surface area contributed by atoms with Gasteiger partial charge in [0.15, 0.2) is 0 Å². The van der Waals surface area contributed by atoms with Crippen LogP contribution in [0.25, 0.3) is 0 Å². The summed E-state index contributed by atoms with van der Waals surface area (Å²) < 4.78 is 4.25. The number of halogens is 1. The minimum atomic E-state index is -0.402. The van der Waals surface area contributed by atoms with Gasteiger partial charge in [-0.15, -0.1) is 5.73 Å². The molecule has 0 aliphatic carbocycles. The minimum Gasteiger partial charge on any atom is -0.465 e. The molecule has 0 saturated carbocycles. The Balaban J connectivity index is 3.71. The van der Waals surface area contributed by atoms with Crippen LogP contribution in [-0.4, -0.2) is 13.1 Å². The highest BCUT2D eigenvalue weighted by atomic mass is 79.9. The van der Waals surface area contributed by atoms with Crippen LogP contribution in [0.2, 0.25) is 0 Å². The largest absolute Gasteiger partial charge is 0.465 e. The van der Waals surface area contributed by atoms with Crippen LogP contribution in [-0.2, 0) is 9.53 Å². The molecule has 0 aliphatic rings. The lowest BCUT2D eigenvalue weighted by Crippen LogP contribution is -1.91. The molecule has 0 amide bonds. The van der Waals surface area contributed by atoms with E-state index in [9.17, 15) is 4.79 Å². The van der Waals surface area contributed by atoms with Crippen molar-refractivity contribution in [3.63, 3.8) is 0 Å². The summed E-state index contributed by atoms with van der Waals surface area (Å²) in [6, 6.07) is 0. The monoisotopic (exact) mass is 176 g/mol. The van der Waals surface area contributed by atoms with Gasteiger partial charge < -0.3 is 4.74 Å². The average Bonchev–Trinajstić information content (AvgIpc) is 1.83. The summed E-state index contributed by atoms with van der Waals surface area (Å²) in [6.07, 6.45) is 1.19. The Morgan fingerprint density at radius 1 is 1.88 bits per heavy atom. The molecule has 0 aromatic carbocycles. The van der Waals surface area contributed by atoms with Crippen LogP contribution in [0.15, 0.2) is 16.8 Å². The Kier molecular flexibility index (Phi) is 4.32. The summed E-state index contributed by atoms with van der Waals surface area (Å²) in [4.78, 5) is 11.6. The van der Waals surface area contributed by atoms with Crippen molar-refractivity contribution in [2.24, 2.45) is 0 Å². The third kappa shape index (κ3) is 3.65. The maximum Gasteiger partial charge on any atom is 0.338 e. The molecule has 0 spiro atoms. The standard InChI is InChI=1S/C5H5BrO2/c1-8-5(7)3-2-4-6/h3-4H,1H3. The number of hydrogen-bond acceptors (Lipinski definition) is 2. The fraction of sp³-hybridized carbons (Fsp3) is 0.200. The van der Waals surface area contributed by atoms with E-state index in [0.717, 1.165) is 0 Å². The van der Waals surface area contributed by atoms with E-state index in [2.05, 4.69) is 26.4 Å². The first-order valence-electron chi connectivity index (χ1n) is 1.90. The zero-order valence-corrected chi connectivity index (χ0v) is 5.94. The Morgan fingerprint density at radius 3 is 2.88 bits per heavy atom. The summed E-state index contributed by atoms with van der Waals surface area (Å²) in [6.45, 7) is 0. The van der Waals surface area contributed by atoms with Crippen LogP contribution in [0, 0.1) is 0 Å². The summed E-state index contributed by atoms with van der Waals surface area (Å²) >= 11 is 2.93. The van der Waals surface area contributed by atoms with Gasteiger partial charge >= 0.3 is 5.97 Å². The molecule has 8 heavy (non-hydrogen) atoms. The maximum absolute atomic E-state index is 10.2. The fourth-order valence-corrected chi connectivity index (χ4v) is 0.291. The van der Waals surface area contributed by atoms with E-state index in [1.165, 1.54) is 18.2 Å². The third-order valence-corrected chi connectivity index (χ3v) is 0.730. The van der Waals surface area contributed by atoms with Crippen LogP contribution < -0.4 is 0 Å². The van der Waals surface area contributed by atoms with Crippen molar-refractivity contribution in [2.75, 3.05) is 7.11 Å². The molecule has 0 radical (unpaired) electrons. The van der Waals surface area contributed by atoms with Crippen LogP contribution in [0.3, 0.4) is 0 Å². The van der Waals surface area contributed by atoms with Gasteiger partial charge in [0, 0.05) is 4.99 Å². The summed E-state index contributed by atoms with van der Waals surface area (Å²) in [5.41, 5.74) is 2.49. The van der Waals surface area contributed by atoms with Gasteiger partial charge in [-0.3, -0.25) is 0 Å². The van der Waals surface area contributed by atoms with Crippen LogP contribution in [0.4, 0.5) is 0 Å². The Hall–Kier alpha value is -0.530. The van der Waals surface area contributed by atoms with E-state index >= 15 is 0 Å². The number of hydrogen-bond donors (Lipinski definition) is 0. The first-order chi connectivity index (χ1) is 3.81. The molecule has 0 fully saturated rings. The molecule has 44 valence electrons. The van der Waals surface area contributed by atoms with Crippen LogP contribution in [0.5, 0.6) is 0 Å². The fourth-order valence-electron chi connectivity index (χ4n) is 0.158. The molecular formula is C5H5BrO2. The second-order valence-corrected chi connectivity index (χ2v) is 1.40. The quantitative estimate of drug-likeness (QED) is 0.342. The number of carbonyl (C=O) groups excluding carboxylic acids is 1. The first kappa shape index (κ1) is 7.47. The molecule has 3 heteroatoms. The second-order valence-electron chi connectivity index (χ2n) is 0.943. The summed E-state index contributed by atoms with van der Waals surface area (Å²) in [7, 11) is 1.31. The highest BCUT2D eigenvalue weighted by molar-refractivity contribution is 9.11. The number of ether oxygens (including phenoxy) is 1. The van der Waals surface area contributed by atoms with Gasteiger partial charge in [0.2, 0.25) is 0 Å². The van der Waals surface area contributed by atoms with E-state index < -0.39 is 5.97 Å². The van der Waals surface area contributed by atoms with E-state index in [1.54, 1.807) is 0 Å². The van der Waals surface area contributed by atoms with Gasteiger partial charge in [0.1, 0.15) is 0 Å². The first-order valence-corrected chi connectivity index (χ1v) is 2.82. The normalized spacial score (nSPS) is 6.75. The average molecular weight is 177 g/mol. The van der Waals surface area contributed by atoms with Crippen LogP contribution >= 0.6 is 15.9 Å². The predicted molar refractivity (Wildman–Crippen MR) is 33.6 cm³/mol. The molecule has 0 heterocycles. The number of esters is 1. The third-order valence-electron chi connectivity index (χ3n) is 0.465. The lowest BCUT2D eigenvalue weighted by Gasteiger charge is -1.83. The molecule has 0 saturated heterocycles. The van der Waals surface area contributed by atoms with Crippen molar-refractivity contribution >= 4 is 21.9 Å². The summed E-state index contributed by atoms with van der Waals surface area (Å²) in [5, 5.41) is 0. The molecule has 0 aromatic rings. The molecule has 0 aromatic heterocycles. The predicted octanol–water partition coefficient (Wildman–Crippen LogP) is 1.22. The number of methoxy groups -OCH3 is 1. The Labute approximate surface area is 56.0 Å². The molecule has 0 bridgehead atoms. The molecule has 0 aliphatic heterocycles. The smallest absolute Gasteiger partial charge is 0.338 e. The van der Waals surface area contributed by atoms with Gasteiger partial charge in [0.25, 0.3) is 0 Å². The van der Waals surface area contributed by atoms with Crippen molar-refractivity contribution in [3.05, 3.63) is 16.8 Å². The van der Waals surface area contributed by atoms with E-state index in [-0.39, 0.29) is 0 Å². The lowest BCUT2D eigenvalue weighted by molar-refractivity contribution is -0.134. The SMILES string of the molecule is COC(=O)C=C=CBr. The molecule has 0 unspecified atom stereocenters. The van der Waals surface area contributed by atoms with Crippen molar-refractivity contribution in [1.82, 2.24) is 0 Å². The lowest BCUT2D eigenvalue weighted by atomic mass is 10.6. The Morgan fingerprint density at radius 2 is 2.50 bits per heavy atom. The topological polar surface area (TPSA) is 26.3 Å². The minimum absolute atomic E-state index is 0.402. The van der Waals surface area contributed by atoms with Gasteiger partial charge in [-0.1, -0.05) is 15.9 Å². The van der Waals surface area contributed by atoms with E-state index in [4.69, 9.17) is 0 Å². The zero-order chi connectivity index (χ0) is 6.41. The van der Waals surface area contributed by atoms with Gasteiger partial charge in [-0.25, -0.2) is 4.79 Å². The molecule has 0 atom stereocenters. The Bertz CT molecular complexity index is 133.